The van der Waals surface area contributed by atoms with E-state index in [1.807, 2.05) is 0 Å². The topological polar surface area (TPSA) is 44.5 Å². The van der Waals surface area contributed by atoms with Crippen molar-refractivity contribution in [2.45, 2.75) is 6.42 Å². The largest absolute Gasteiger partial charge is 0.497 e. The van der Waals surface area contributed by atoms with Crippen molar-refractivity contribution in [3.05, 3.63) is 18.2 Å². The molecule has 0 spiro atoms. The van der Waals surface area contributed by atoms with E-state index < -0.39 is 0 Å². The van der Waals surface area contributed by atoms with Crippen LogP contribution in [0.25, 0.3) is 0 Å². The van der Waals surface area contributed by atoms with Gasteiger partial charge in [0.05, 0.1) is 26.1 Å². The maximum atomic E-state index is 11.8. The lowest BCUT2D eigenvalue weighted by atomic mass is 10.3. The number of nitrogen functional groups attached to an aromatic ring is 1. The predicted octanol–water partition coefficient (Wildman–Crippen LogP) is 2.02. The van der Waals surface area contributed by atoms with Gasteiger partial charge < -0.3 is 15.2 Å². The van der Waals surface area contributed by atoms with E-state index in [0.29, 0.717) is 30.2 Å². The minimum Gasteiger partial charge on any atom is -0.497 e. The number of nitrogens with two attached hydrogens (primary N) is 1. The average Bonchev–Trinajstić information content (AvgIpc) is 2.21. The summed E-state index contributed by atoms with van der Waals surface area (Å²) in [4.78, 5) is 0. The molecule has 0 radical (unpaired) electrons. The molecule has 1 aromatic rings. The van der Waals surface area contributed by atoms with Crippen molar-refractivity contribution in [3.63, 3.8) is 0 Å². The van der Waals surface area contributed by atoms with Gasteiger partial charge in [-0.25, -0.2) is 0 Å². The van der Waals surface area contributed by atoms with E-state index in [2.05, 4.69) is 0 Å². The Bertz CT molecular complexity index is 291. The second-order valence-corrected chi connectivity index (χ2v) is 2.79. The maximum Gasteiger partial charge on any atom is 0.145 e. The summed E-state index contributed by atoms with van der Waals surface area (Å²) in [5, 5.41) is 0. The SMILES string of the molecule is COc1ccc(N)c(OCCCF)c1. The molecule has 78 valence electrons. The van der Waals surface area contributed by atoms with E-state index in [1.54, 1.807) is 25.3 Å². The highest BCUT2D eigenvalue weighted by Gasteiger charge is 2.02. The van der Waals surface area contributed by atoms with E-state index in [4.69, 9.17) is 15.2 Å². The molecule has 4 heteroatoms. The Kier molecular flexibility index (Phi) is 4.04. The van der Waals surface area contributed by atoms with Crippen LogP contribution in [0.5, 0.6) is 11.5 Å². The van der Waals surface area contributed by atoms with Crippen molar-refractivity contribution in [1.82, 2.24) is 0 Å². The second-order valence-electron chi connectivity index (χ2n) is 2.79. The zero-order valence-corrected chi connectivity index (χ0v) is 8.13. The lowest BCUT2D eigenvalue weighted by Gasteiger charge is -2.09. The molecule has 1 rings (SSSR count). The molecule has 3 nitrogen and oxygen atoms in total. The Labute approximate surface area is 82.6 Å². The summed E-state index contributed by atoms with van der Waals surface area (Å²) in [6.07, 6.45) is 0.372. The Hall–Kier alpha value is -1.45. The Morgan fingerprint density at radius 1 is 1.43 bits per heavy atom. The molecule has 0 atom stereocenters. The average molecular weight is 199 g/mol. The lowest BCUT2D eigenvalue weighted by Crippen LogP contribution is -2.01. The van der Waals surface area contributed by atoms with Crippen LogP contribution in [0, 0.1) is 0 Å². The maximum absolute atomic E-state index is 11.8. The number of benzene rings is 1. The zero-order chi connectivity index (χ0) is 10.4. The van der Waals surface area contributed by atoms with Gasteiger partial charge in [0, 0.05) is 12.5 Å². The van der Waals surface area contributed by atoms with Gasteiger partial charge in [-0.15, -0.1) is 0 Å². The van der Waals surface area contributed by atoms with E-state index in [1.165, 1.54) is 0 Å². The minimum absolute atomic E-state index is 0.327. The quantitative estimate of drug-likeness (QED) is 0.582. The van der Waals surface area contributed by atoms with Crippen molar-refractivity contribution in [2.75, 3.05) is 26.1 Å². The highest BCUT2D eigenvalue weighted by Crippen LogP contribution is 2.26. The first-order chi connectivity index (χ1) is 6.77. The number of hydrogen-bond donors (Lipinski definition) is 1. The van der Waals surface area contributed by atoms with Crippen molar-refractivity contribution < 1.29 is 13.9 Å². The van der Waals surface area contributed by atoms with Gasteiger partial charge in [0.25, 0.3) is 0 Å². The van der Waals surface area contributed by atoms with Crippen LogP contribution in [-0.4, -0.2) is 20.4 Å². The van der Waals surface area contributed by atoms with Crippen LogP contribution in [0.1, 0.15) is 6.42 Å². The second kappa shape index (κ2) is 5.32. The van der Waals surface area contributed by atoms with Crippen LogP contribution in [0.3, 0.4) is 0 Å². The number of methoxy groups -OCH3 is 1. The Balaban J connectivity index is 2.64. The van der Waals surface area contributed by atoms with Gasteiger partial charge in [-0.1, -0.05) is 0 Å². The van der Waals surface area contributed by atoms with Crippen LogP contribution >= 0.6 is 0 Å². The van der Waals surface area contributed by atoms with Gasteiger partial charge >= 0.3 is 0 Å². The summed E-state index contributed by atoms with van der Waals surface area (Å²) in [7, 11) is 1.57. The van der Waals surface area contributed by atoms with E-state index in [-0.39, 0.29) is 6.67 Å². The summed E-state index contributed by atoms with van der Waals surface area (Å²) < 4.78 is 22.1. The number of halogens is 1. The third-order valence-electron chi connectivity index (χ3n) is 1.76. The van der Waals surface area contributed by atoms with Crippen molar-refractivity contribution >= 4 is 5.69 Å². The molecule has 0 fully saturated rings. The number of anilines is 1. The molecule has 0 heterocycles. The standard InChI is InChI=1S/C10H14FNO2/c1-13-8-3-4-9(12)10(7-8)14-6-2-5-11/h3-4,7H,2,5-6,12H2,1H3. The Morgan fingerprint density at radius 2 is 2.21 bits per heavy atom. The summed E-state index contributed by atoms with van der Waals surface area (Å²) in [6, 6.07) is 5.13. The highest BCUT2D eigenvalue weighted by molar-refractivity contribution is 5.55. The monoisotopic (exact) mass is 199 g/mol. The molecule has 0 bridgehead atoms. The van der Waals surface area contributed by atoms with Crippen LogP contribution in [0.2, 0.25) is 0 Å². The molecular weight excluding hydrogens is 185 g/mol. The van der Waals surface area contributed by atoms with Gasteiger partial charge in [0.2, 0.25) is 0 Å². The minimum atomic E-state index is -0.385. The number of alkyl halides is 1. The first-order valence-corrected chi connectivity index (χ1v) is 4.40. The van der Waals surface area contributed by atoms with Crippen molar-refractivity contribution in [2.24, 2.45) is 0 Å². The number of ether oxygens (including phenoxy) is 2. The number of hydrogen-bond acceptors (Lipinski definition) is 3. The van der Waals surface area contributed by atoms with Crippen LogP contribution in [-0.2, 0) is 0 Å². The molecule has 2 N–H and O–H groups in total. The molecule has 0 saturated carbocycles. The molecule has 0 aromatic heterocycles. The lowest BCUT2D eigenvalue weighted by molar-refractivity contribution is 0.289. The molecule has 0 amide bonds. The molecule has 0 unspecified atom stereocenters. The third kappa shape index (κ3) is 2.80. The van der Waals surface area contributed by atoms with E-state index in [9.17, 15) is 4.39 Å². The van der Waals surface area contributed by atoms with Gasteiger partial charge in [-0.05, 0) is 12.1 Å². The molecule has 0 aliphatic rings. The third-order valence-corrected chi connectivity index (χ3v) is 1.76. The van der Waals surface area contributed by atoms with Crippen molar-refractivity contribution in [1.29, 1.82) is 0 Å². The fraction of sp³-hybridized carbons (Fsp3) is 0.400. The molecular formula is C10H14FNO2. The van der Waals surface area contributed by atoms with Crippen LogP contribution < -0.4 is 15.2 Å². The molecule has 0 aliphatic heterocycles. The first kappa shape index (κ1) is 10.6. The number of rotatable bonds is 5. The molecule has 14 heavy (non-hydrogen) atoms. The molecule has 1 aromatic carbocycles. The smallest absolute Gasteiger partial charge is 0.145 e. The van der Waals surface area contributed by atoms with Crippen LogP contribution in [0.4, 0.5) is 10.1 Å². The van der Waals surface area contributed by atoms with Gasteiger partial charge in [-0.2, -0.15) is 0 Å². The summed E-state index contributed by atoms with van der Waals surface area (Å²) in [5.74, 6) is 1.22. The predicted molar refractivity (Wildman–Crippen MR) is 53.5 cm³/mol. The summed E-state index contributed by atoms with van der Waals surface area (Å²) >= 11 is 0. The van der Waals surface area contributed by atoms with Gasteiger partial charge in [0.15, 0.2) is 0 Å². The molecule has 0 aliphatic carbocycles. The first-order valence-electron chi connectivity index (χ1n) is 4.40. The Morgan fingerprint density at radius 3 is 2.86 bits per heavy atom. The summed E-state index contributed by atoms with van der Waals surface area (Å²) in [6.45, 7) is -0.0578. The highest BCUT2D eigenvalue weighted by atomic mass is 19.1. The van der Waals surface area contributed by atoms with Gasteiger partial charge in [0.1, 0.15) is 11.5 Å². The van der Waals surface area contributed by atoms with E-state index in [0.717, 1.165) is 0 Å². The fourth-order valence-corrected chi connectivity index (χ4v) is 1.00. The van der Waals surface area contributed by atoms with E-state index >= 15 is 0 Å². The summed E-state index contributed by atoms with van der Waals surface area (Å²) in [5.41, 5.74) is 6.18. The van der Waals surface area contributed by atoms with Crippen molar-refractivity contribution in [3.8, 4) is 11.5 Å². The van der Waals surface area contributed by atoms with Crippen LogP contribution in [0.15, 0.2) is 18.2 Å². The normalized spacial score (nSPS) is 9.86. The zero-order valence-electron chi connectivity index (χ0n) is 8.13. The van der Waals surface area contributed by atoms with Gasteiger partial charge in [-0.3, -0.25) is 4.39 Å². The molecule has 0 saturated heterocycles. The fourth-order valence-electron chi connectivity index (χ4n) is 1.00.